The smallest absolute Gasteiger partial charge is 0.380 e. The number of hydrogen-bond donors (Lipinski definition) is 1. The van der Waals surface area contributed by atoms with Crippen LogP contribution in [-0.2, 0) is 25.6 Å². The van der Waals surface area contributed by atoms with Gasteiger partial charge in [-0.3, -0.25) is 23.0 Å². The second-order valence-corrected chi connectivity index (χ2v) is 9.13. The number of nitrogens with zero attached hydrogens (tertiary/aromatic N) is 2. The van der Waals surface area contributed by atoms with E-state index in [0.717, 1.165) is 15.2 Å². The van der Waals surface area contributed by atoms with Crippen molar-refractivity contribution in [3.8, 4) is 0 Å². The third-order valence-electron chi connectivity index (χ3n) is 3.38. The zero-order chi connectivity index (χ0) is 17.4. The second kappa shape index (κ2) is 7.06. The first kappa shape index (κ1) is 18.7. The molecule has 1 aromatic rings. The summed E-state index contributed by atoms with van der Waals surface area (Å²) in [6, 6.07) is 1.14. The van der Waals surface area contributed by atoms with Gasteiger partial charge in [0.25, 0.3) is 5.56 Å². The van der Waals surface area contributed by atoms with Crippen molar-refractivity contribution in [2.75, 3.05) is 13.7 Å². The summed E-state index contributed by atoms with van der Waals surface area (Å²) < 4.78 is 28.8. The van der Waals surface area contributed by atoms with E-state index in [2.05, 4.69) is 0 Å². The lowest BCUT2D eigenvalue weighted by Gasteiger charge is -2.20. The average molecular weight is 389 g/mol. The highest BCUT2D eigenvalue weighted by Crippen LogP contribution is 2.60. The molecule has 23 heavy (non-hydrogen) atoms. The molecule has 1 aliphatic heterocycles. The highest BCUT2D eigenvalue weighted by atomic mass is 35.9. The zero-order valence-electron chi connectivity index (χ0n) is 12.2. The molecule has 4 atom stereocenters. The average Bonchev–Trinajstić information content (AvgIpc) is 2.73. The van der Waals surface area contributed by atoms with Crippen molar-refractivity contribution in [3.05, 3.63) is 33.1 Å². The summed E-state index contributed by atoms with van der Waals surface area (Å²) in [4.78, 5) is 23.6. The Morgan fingerprint density at radius 1 is 1.43 bits per heavy atom. The van der Waals surface area contributed by atoms with E-state index in [-0.39, 0.29) is 6.61 Å². The van der Waals surface area contributed by atoms with Crippen molar-refractivity contribution < 1.29 is 23.7 Å². The van der Waals surface area contributed by atoms with Crippen LogP contribution in [0.15, 0.2) is 21.9 Å². The van der Waals surface area contributed by atoms with Crippen molar-refractivity contribution >= 4 is 28.6 Å². The van der Waals surface area contributed by atoms with Gasteiger partial charge in [-0.1, -0.05) is 0 Å². The quantitative estimate of drug-likeness (QED) is 0.728. The van der Waals surface area contributed by atoms with Gasteiger partial charge in [-0.2, -0.15) is 0 Å². The first-order valence-corrected chi connectivity index (χ1v) is 9.87. The number of aliphatic hydroxyl groups is 1. The van der Waals surface area contributed by atoms with Gasteiger partial charge in [0.1, 0.15) is 18.3 Å². The van der Waals surface area contributed by atoms with Crippen LogP contribution < -0.4 is 11.2 Å². The van der Waals surface area contributed by atoms with E-state index in [4.69, 9.17) is 36.5 Å². The number of aliphatic hydroxyl groups excluding tert-OH is 1. The molecule has 1 saturated heterocycles. The van der Waals surface area contributed by atoms with Gasteiger partial charge in [0.05, 0.1) is 6.61 Å². The van der Waals surface area contributed by atoms with Crippen LogP contribution in [0.4, 0.5) is 0 Å². The molecule has 0 aromatic carbocycles. The van der Waals surface area contributed by atoms with E-state index < -0.39 is 41.9 Å². The van der Waals surface area contributed by atoms with Gasteiger partial charge in [-0.15, -0.1) is 0 Å². The molecule has 130 valence electrons. The van der Waals surface area contributed by atoms with E-state index in [1.807, 2.05) is 0 Å². The molecule has 1 aliphatic rings. The van der Waals surface area contributed by atoms with Crippen LogP contribution in [0.2, 0.25) is 0 Å². The molecule has 1 N–H and O–H groups in total. The molecular formula is C11H15Cl2N2O7P. The fourth-order valence-electron chi connectivity index (χ4n) is 2.30. The Labute approximate surface area is 140 Å². The molecule has 0 unspecified atom stereocenters. The van der Waals surface area contributed by atoms with Crippen molar-refractivity contribution in [1.29, 1.82) is 0 Å². The van der Waals surface area contributed by atoms with E-state index in [1.165, 1.54) is 20.4 Å². The Balaban J connectivity index is 2.38. The molecular weight excluding hydrogens is 374 g/mol. The summed E-state index contributed by atoms with van der Waals surface area (Å²) >= 11 is 10.8. The maximum absolute atomic E-state index is 12.1. The minimum Gasteiger partial charge on any atom is -0.386 e. The summed E-state index contributed by atoms with van der Waals surface area (Å²) in [6.45, 7) is -0.0213. The maximum atomic E-state index is 12.1. The third kappa shape index (κ3) is 4.06. The van der Waals surface area contributed by atoms with Gasteiger partial charge in [0.2, 0.25) is 0 Å². The summed E-state index contributed by atoms with van der Waals surface area (Å²) in [5.41, 5.74) is -1.20. The molecule has 12 heteroatoms. The number of hydrogen-bond acceptors (Lipinski definition) is 7. The van der Waals surface area contributed by atoms with Gasteiger partial charge in [-0.25, -0.2) is 4.79 Å². The van der Waals surface area contributed by atoms with Gasteiger partial charge >= 0.3 is 11.8 Å². The van der Waals surface area contributed by atoms with Crippen LogP contribution in [0.3, 0.4) is 0 Å². The Hall–Kier alpha value is -0.670. The van der Waals surface area contributed by atoms with Crippen molar-refractivity contribution in [2.24, 2.45) is 7.05 Å². The molecule has 1 fully saturated rings. The molecule has 9 nitrogen and oxygen atoms in total. The Morgan fingerprint density at radius 3 is 2.65 bits per heavy atom. The van der Waals surface area contributed by atoms with Crippen LogP contribution in [0.5, 0.6) is 0 Å². The maximum Gasteiger partial charge on any atom is 0.380 e. The van der Waals surface area contributed by atoms with Crippen LogP contribution in [0.25, 0.3) is 0 Å². The topological polar surface area (TPSA) is 109 Å². The molecule has 1 aromatic heterocycles. The number of aromatic nitrogens is 2. The van der Waals surface area contributed by atoms with Crippen molar-refractivity contribution in [2.45, 2.75) is 24.5 Å². The molecule has 2 rings (SSSR count). The molecule has 0 radical (unpaired) electrons. The van der Waals surface area contributed by atoms with E-state index in [0.29, 0.717) is 0 Å². The van der Waals surface area contributed by atoms with Crippen molar-refractivity contribution in [3.63, 3.8) is 0 Å². The Kier molecular flexibility index (Phi) is 5.73. The highest BCUT2D eigenvalue weighted by molar-refractivity contribution is 8.05. The summed E-state index contributed by atoms with van der Waals surface area (Å²) in [5, 5.41) is 10.4. The number of methoxy groups -OCH3 is 1. The molecule has 0 spiro atoms. The summed E-state index contributed by atoms with van der Waals surface area (Å²) in [5.74, 6) is 0. The zero-order valence-corrected chi connectivity index (χ0v) is 14.6. The second-order valence-electron chi connectivity index (χ2n) is 4.90. The minimum atomic E-state index is -3.95. The van der Waals surface area contributed by atoms with E-state index in [9.17, 15) is 19.3 Å². The van der Waals surface area contributed by atoms with Crippen LogP contribution >= 0.6 is 28.6 Å². The fraction of sp³-hybridized carbons (Fsp3) is 0.636. The van der Waals surface area contributed by atoms with Crippen LogP contribution in [0, 0.1) is 0 Å². The summed E-state index contributed by atoms with van der Waals surface area (Å²) in [7, 11) is 2.67. The number of ether oxygens (including phenoxy) is 2. The van der Waals surface area contributed by atoms with Gasteiger partial charge in [0.15, 0.2) is 6.23 Å². The molecule has 0 saturated carbocycles. The van der Waals surface area contributed by atoms with E-state index in [1.54, 1.807) is 0 Å². The Bertz CT molecular complexity index is 730. The first-order valence-electron chi connectivity index (χ1n) is 6.44. The fourth-order valence-corrected chi connectivity index (χ4v) is 3.40. The van der Waals surface area contributed by atoms with Gasteiger partial charge < -0.3 is 14.6 Å². The van der Waals surface area contributed by atoms with Gasteiger partial charge in [0, 0.05) is 26.4 Å². The molecule has 0 amide bonds. The number of rotatable bonds is 5. The van der Waals surface area contributed by atoms with Crippen LogP contribution in [-0.4, -0.2) is 46.3 Å². The largest absolute Gasteiger partial charge is 0.386 e. The standard InChI is InChI=1S/C11H15Cl2N2O7P/c1-14-7(16)3-4-15(11(14)18)10-8(17)9(22-23(12,13)19)6(21-10)5-20-2/h3-4,6,8-10,17H,5H2,1-2H3/t6-,8-,9-,10-/m1/s1. The lowest BCUT2D eigenvalue weighted by Crippen LogP contribution is -2.42. The monoisotopic (exact) mass is 388 g/mol. The normalized spacial score (nSPS) is 28.2. The Morgan fingerprint density at radius 2 is 2.09 bits per heavy atom. The predicted octanol–water partition coefficient (Wildman–Crippen LogP) is 0.423. The lowest BCUT2D eigenvalue weighted by atomic mass is 10.1. The molecule has 0 aliphatic carbocycles. The lowest BCUT2D eigenvalue weighted by molar-refractivity contribution is -0.0608. The predicted molar refractivity (Wildman–Crippen MR) is 81.9 cm³/mol. The number of halogens is 2. The van der Waals surface area contributed by atoms with Gasteiger partial charge in [-0.05, 0) is 22.5 Å². The van der Waals surface area contributed by atoms with E-state index >= 15 is 0 Å². The van der Waals surface area contributed by atoms with Crippen molar-refractivity contribution in [1.82, 2.24) is 9.13 Å². The third-order valence-corrected chi connectivity index (χ3v) is 4.34. The highest BCUT2D eigenvalue weighted by Gasteiger charge is 2.48. The first-order chi connectivity index (χ1) is 10.7. The molecule has 0 bridgehead atoms. The molecule has 2 heterocycles. The summed E-state index contributed by atoms with van der Waals surface area (Å²) in [6.07, 6.45) is -7.40. The SMILES string of the molecule is COC[C@H]1O[C@@H](n2ccc(=O)n(C)c2=O)[C@H](O)[C@@H]1OP(=O)(Cl)Cl. The van der Waals surface area contributed by atoms with Crippen LogP contribution in [0.1, 0.15) is 6.23 Å². The minimum absolute atomic E-state index is 0.0213.